The molecular weight excluding hydrogens is 88.1 g/mol. The first kappa shape index (κ1) is 4.69. The number of ether oxygens (including phenoxy) is 1. The maximum Gasteiger partial charge on any atom is 0.0998 e. The van der Waals surface area contributed by atoms with E-state index >= 15 is 0 Å². The molecular formula is C6H9O. The minimum atomic E-state index is 0.794. The predicted molar refractivity (Wildman–Crippen MR) is 27.6 cm³/mol. The van der Waals surface area contributed by atoms with Crippen molar-refractivity contribution in [3.63, 3.8) is 0 Å². The first-order valence-corrected chi connectivity index (χ1v) is 2.66. The van der Waals surface area contributed by atoms with Crippen LogP contribution in [0.3, 0.4) is 0 Å². The quantitative estimate of drug-likeness (QED) is 0.507. The zero-order valence-corrected chi connectivity index (χ0v) is 4.53. The zero-order valence-electron chi connectivity index (χ0n) is 4.53. The standard InChI is InChI=1S/C6H9O/c1-2-7-6-4-3-5-6/h2-4H2,1H3. The van der Waals surface area contributed by atoms with Crippen LogP contribution in [-0.4, -0.2) is 6.61 Å². The Balaban J connectivity index is 2.15. The van der Waals surface area contributed by atoms with Gasteiger partial charge in [0.15, 0.2) is 0 Å². The Morgan fingerprint density at radius 1 is 1.86 bits per heavy atom. The van der Waals surface area contributed by atoms with E-state index in [4.69, 9.17) is 4.74 Å². The summed E-state index contributed by atoms with van der Waals surface area (Å²) in [6.07, 6.45) is 5.24. The molecule has 0 heterocycles. The average molecular weight is 97.1 g/mol. The summed E-state index contributed by atoms with van der Waals surface area (Å²) in [6, 6.07) is 0. The molecule has 0 bridgehead atoms. The first-order valence-electron chi connectivity index (χ1n) is 2.66. The summed E-state index contributed by atoms with van der Waals surface area (Å²) >= 11 is 0. The lowest BCUT2D eigenvalue weighted by Crippen LogP contribution is -1.98. The third kappa shape index (κ3) is 0.952. The maximum atomic E-state index is 5.08. The van der Waals surface area contributed by atoms with Crippen LogP contribution in [0.4, 0.5) is 0 Å². The van der Waals surface area contributed by atoms with Gasteiger partial charge in [0.1, 0.15) is 0 Å². The Labute approximate surface area is 44.0 Å². The van der Waals surface area contributed by atoms with Gasteiger partial charge in [-0.25, -0.2) is 0 Å². The molecule has 0 saturated heterocycles. The molecule has 1 radical (unpaired) electrons. The van der Waals surface area contributed by atoms with Gasteiger partial charge in [0.25, 0.3) is 0 Å². The van der Waals surface area contributed by atoms with Crippen molar-refractivity contribution in [1.29, 1.82) is 0 Å². The molecule has 0 amide bonds. The number of rotatable bonds is 2. The van der Waals surface area contributed by atoms with Gasteiger partial charge in [0.2, 0.25) is 0 Å². The smallest absolute Gasteiger partial charge is 0.0998 e. The van der Waals surface area contributed by atoms with Gasteiger partial charge in [0.05, 0.1) is 12.4 Å². The van der Waals surface area contributed by atoms with Gasteiger partial charge in [-0.05, 0) is 19.4 Å². The van der Waals surface area contributed by atoms with Gasteiger partial charge in [-0.15, -0.1) is 0 Å². The third-order valence-corrected chi connectivity index (χ3v) is 0.993. The maximum absolute atomic E-state index is 5.08. The van der Waals surface area contributed by atoms with Crippen LogP contribution < -0.4 is 0 Å². The molecule has 0 saturated carbocycles. The lowest BCUT2D eigenvalue weighted by Gasteiger charge is -2.12. The molecule has 7 heavy (non-hydrogen) atoms. The van der Waals surface area contributed by atoms with E-state index in [0.29, 0.717) is 0 Å². The van der Waals surface area contributed by atoms with Crippen LogP contribution in [0, 0.1) is 6.08 Å². The van der Waals surface area contributed by atoms with E-state index < -0.39 is 0 Å². The van der Waals surface area contributed by atoms with Crippen molar-refractivity contribution in [2.75, 3.05) is 6.61 Å². The second kappa shape index (κ2) is 2.01. The second-order valence-electron chi connectivity index (χ2n) is 1.53. The van der Waals surface area contributed by atoms with E-state index in [0.717, 1.165) is 25.2 Å². The molecule has 0 aromatic heterocycles. The summed E-state index contributed by atoms with van der Waals surface area (Å²) in [4.78, 5) is 0. The molecule has 0 atom stereocenters. The monoisotopic (exact) mass is 97.1 g/mol. The minimum Gasteiger partial charge on any atom is -0.498 e. The Morgan fingerprint density at radius 2 is 2.57 bits per heavy atom. The van der Waals surface area contributed by atoms with E-state index in [2.05, 4.69) is 6.08 Å². The summed E-state index contributed by atoms with van der Waals surface area (Å²) < 4.78 is 5.08. The molecule has 0 N–H and O–H groups in total. The largest absolute Gasteiger partial charge is 0.498 e. The topological polar surface area (TPSA) is 9.23 Å². The van der Waals surface area contributed by atoms with Gasteiger partial charge < -0.3 is 4.74 Å². The van der Waals surface area contributed by atoms with E-state index in [1.807, 2.05) is 6.92 Å². The van der Waals surface area contributed by atoms with Crippen LogP contribution in [0.2, 0.25) is 0 Å². The van der Waals surface area contributed by atoms with E-state index in [1.165, 1.54) is 0 Å². The lowest BCUT2D eigenvalue weighted by atomic mass is 10.1. The van der Waals surface area contributed by atoms with E-state index in [1.54, 1.807) is 0 Å². The molecule has 1 heteroatoms. The summed E-state index contributed by atoms with van der Waals surface area (Å²) in [7, 11) is 0. The molecule has 0 unspecified atom stereocenters. The SMILES string of the molecule is CCOC1=[C]CC1. The summed E-state index contributed by atoms with van der Waals surface area (Å²) in [5, 5.41) is 0. The molecule has 1 aliphatic carbocycles. The highest BCUT2D eigenvalue weighted by molar-refractivity contribution is 4.97. The highest BCUT2D eigenvalue weighted by Gasteiger charge is 2.04. The number of allylic oxidation sites excluding steroid dienone is 2. The molecule has 39 valence electrons. The lowest BCUT2D eigenvalue weighted by molar-refractivity contribution is 0.201. The molecule has 0 aromatic carbocycles. The van der Waals surface area contributed by atoms with Crippen LogP contribution in [0.15, 0.2) is 5.76 Å². The Kier molecular flexibility index (Phi) is 1.35. The van der Waals surface area contributed by atoms with Crippen molar-refractivity contribution < 1.29 is 4.74 Å². The molecule has 1 rings (SSSR count). The summed E-state index contributed by atoms with van der Waals surface area (Å²) in [5.41, 5.74) is 0. The summed E-state index contributed by atoms with van der Waals surface area (Å²) in [5.74, 6) is 1.06. The van der Waals surface area contributed by atoms with Crippen LogP contribution >= 0.6 is 0 Å². The number of hydrogen-bond donors (Lipinski definition) is 0. The third-order valence-electron chi connectivity index (χ3n) is 0.993. The molecule has 0 aliphatic heterocycles. The van der Waals surface area contributed by atoms with Crippen molar-refractivity contribution in [2.45, 2.75) is 19.8 Å². The first-order chi connectivity index (χ1) is 3.43. The average Bonchev–Trinajstić information content (AvgIpc) is 1.55. The highest BCUT2D eigenvalue weighted by Crippen LogP contribution is 2.16. The summed E-state index contributed by atoms with van der Waals surface area (Å²) in [6.45, 7) is 2.79. The fourth-order valence-electron chi connectivity index (χ4n) is 0.524. The van der Waals surface area contributed by atoms with Crippen LogP contribution in [-0.2, 0) is 4.74 Å². The highest BCUT2D eigenvalue weighted by atomic mass is 16.5. The van der Waals surface area contributed by atoms with Gasteiger partial charge >= 0.3 is 0 Å². The molecule has 0 fully saturated rings. The van der Waals surface area contributed by atoms with Gasteiger partial charge in [-0.2, -0.15) is 0 Å². The second-order valence-corrected chi connectivity index (χ2v) is 1.53. The van der Waals surface area contributed by atoms with Gasteiger partial charge in [-0.1, -0.05) is 0 Å². The van der Waals surface area contributed by atoms with Crippen molar-refractivity contribution in [1.82, 2.24) is 0 Å². The normalized spacial score (nSPS) is 17.6. The fraction of sp³-hybridized carbons (Fsp3) is 0.667. The minimum absolute atomic E-state index is 0.794. The predicted octanol–water partition coefficient (Wildman–Crippen LogP) is 1.50. The molecule has 0 spiro atoms. The van der Waals surface area contributed by atoms with Crippen LogP contribution in [0.25, 0.3) is 0 Å². The Morgan fingerprint density at radius 3 is 2.71 bits per heavy atom. The number of hydrogen-bond acceptors (Lipinski definition) is 1. The van der Waals surface area contributed by atoms with Crippen LogP contribution in [0.1, 0.15) is 19.8 Å². The van der Waals surface area contributed by atoms with E-state index in [9.17, 15) is 0 Å². The van der Waals surface area contributed by atoms with E-state index in [-0.39, 0.29) is 0 Å². The van der Waals surface area contributed by atoms with Gasteiger partial charge in [-0.3, -0.25) is 0 Å². The van der Waals surface area contributed by atoms with Crippen molar-refractivity contribution in [3.8, 4) is 0 Å². The fourth-order valence-corrected chi connectivity index (χ4v) is 0.524. The Hall–Kier alpha value is -0.460. The van der Waals surface area contributed by atoms with Crippen molar-refractivity contribution in [2.24, 2.45) is 0 Å². The molecule has 1 aliphatic rings. The molecule has 1 nitrogen and oxygen atoms in total. The molecule has 0 aromatic rings. The zero-order chi connectivity index (χ0) is 5.11. The van der Waals surface area contributed by atoms with Crippen molar-refractivity contribution in [3.05, 3.63) is 11.8 Å². The van der Waals surface area contributed by atoms with Crippen molar-refractivity contribution >= 4 is 0 Å². The van der Waals surface area contributed by atoms with Gasteiger partial charge in [0, 0.05) is 6.42 Å². The Bertz CT molecular complexity index is 84.2. The van der Waals surface area contributed by atoms with Crippen LogP contribution in [0.5, 0.6) is 0 Å².